The zero-order chi connectivity index (χ0) is 16.8. The van der Waals surface area contributed by atoms with Crippen LogP contribution in [0, 0.1) is 6.92 Å². The lowest BCUT2D eigenvalue weighted by Gasteiger charge is -2.15. The van der Waals surface area contributed by atoms with E-state index in [2.05, 4.69) is 5.32 Å². The Labute approximate surface area is 135 Å². The number of rotatable bonds is 6. The fraction of sp³-hybridized carbons (Fsp3) is 0.294. The van der Waals surface area contributed by atoms with Gasteiger partial charge in [-0.15, -0.1) is 0 Å². The second-order valence-electron chi connectivity index (χ2n) is 5.27. The molecule has 1 heterocycles. The fourth-order valence-electron chi connectivity index (χ4n) is 2.21. The molecule has 6 heteroatoms. The molecule has 0 aliphatic heterocycles. The van der Waals surface area contributed by atoms with E-state index in [0.29, 0.717) is 17.8 Å². The normalized spacial score (nSPS) is 10.6. The summed E-state index contributed by atoms with van der Waals surface area (Å²) in [6.45, 7) is 2.58. The predicted octanol–water partition coefficient (Wildman–Crippen LogP) is 2.45. The van der Waals surface area contributed by atoms with E-state index in [0.717, 1.165) is 11.5 Å². The van der Waals surface area contributed by atoms with Crippen molar-refractivity contribution >= 4 is 17.6 Å². The first-order chi connectivity index (χ1) is 11.0. The quantitative estimate of drug-likeness (QED) is 0.829. The molecule has 0 saturated carbocycles. The van der Waals surface area contributed by atoms with Crippen LogP contribution in [-0.2, 0) is 16.1 Å². The third-order valence-corrected chi connectivity index (χ3v) is 3.24. The van der Waals surface area contributed by atoms with E-state index >= 15 is 0 Å². The van der Waals surface area contributed by atoms with E-state index < -0.39 is 5.97 Å². The van der Waals surface area contributed by atoms with Gasteiger partial charge in [0.2, 0.25) is 5.91 Å². The molecule has 6 nitrogen and oxygen atoms in total. The molecule has 1 aromatic heterocycles. The van der Waals surface area contributed by atoms with Crippen LogP contribution in [-0.4, -0.2) is 37.5 Å². The van der Waals surface area contributed by atoms with Crippen molar-refractivity contribution in [2.24, 2.45) is 0 Å². The van der Waals surface area contributed by atoms with Crippen molar-refractivity contribution in [1.82, 2.24) is 4.90 Å². The number of ether oxygens (including phenoxy) is 1. The maximum absolute atomic E-state index is 12.1. The number of carbonyl (C=O) groups is 2. The first-order valence-electron chi connectivity index (χ1n) is 7.20. The summed E-state index contributed by atoms with van der Waals surface area (Å²) in [4.78, 5) is 25.7. The summed E-state index contributed by atoms with van der Waals surface area (Å²) in [6.07, 6.45) is 0. The third-order valence-electron chi connectivity index (χ3n) is 3.24. The molecule has 2 rings (SSSR count). The van der Waals surface area contributed by atoms with Crippen molar-refractivity contribution in [3.63, 3.8) is 0 Å². The van der Waals surface area contributed by atoms with Gasteiger partial charge in [0.1, 0.15) is 11.5 Å². The molecule has 0 atom stereocenters. The van der Waals surface area contributed by atoms with Gasteiger partial charge in [0.25, 0.3) is 0 Å². The Morgan fingerprint density at radius 3 is 2.61 bits per heavy atom. The highest BCUT2D eigenvalue weighted by Crippen LogP contribution is 2.16. The lowest BCUT2D eigenvalue weighted by molar-refractivity contribution is -0.117. The second-order valence-corrected chi connectivity index (χ2v) is 5.27. The predicted molar refractivity (Wildman–Crippen MR) is 86.2 cm³/mol. The SMILES string of the molecule is COC(=O)c1ccccc1NC(=O)CN(C)Cc1ccc(C)o1. The van der Waals surface area contributed by atoms with Gasteiger partial charge in [-0.25, -0.2) is 4.79 Å². The number of furan rings is 1. The Bertz CT molecular complexity index is 693. The lowest BCUT2D eigenvalue weighted by atomic mass is 10.2. The number of carbonyl (C=O) groups excluding carboxylic acids is 2. The number of methoxy groups -OCH3 is 1. The maximum atomic E-state index is 12.1. The number of para-hydroxylation sites is 1. The number of nitrogens with one attached hydrogen (secondary N) is 1. The first-order valence-corrected chi connectivity index (χ1v) is 7.20. The third kappa shape index (κ3) is 4.69. The molecular weight excluding hydrogens is 296 g/mol. The topological polar surface area (TPSA) is 71.8 Å². The number of anilines is 1. The van der Waals surface area contributed by atoms with Gasteiger partial charge in [-0.3, -0.25) is 9.69 Å². The Kier molecular flexibility index (Phi) is 5.54. The van der Waals surface area contributed by atoms with E-state index in [1.165, 1.54) is 7.11 Å². The van der Waals surface area contributed by atoms with Crippen LogP contribution in [0.25, 0.3) is 0 Å². The molecule has 122 valence electrons. The summed E-state index contributed by atoms with van der Waals surface area (Å²) in [5.41, 5.74) is 0.763. The zero-order valence-electron chi connectivity index (χ0n) is 13.5. The van der Waals surface area contributed by atoms with E-state index in [1.54, 1.807) is 24.3 Å². The molecule has 0 spiro atoms. The van der Waals surface area contributed by atoms with Gasteiger partial charge in [-0.2, -0.15) is 0 Å². The summed E-state index contributed by atoms with van der Waals surface area (Å²) in [6, 6.07) is 10.5. The van der Waals surface area contributed by atoms with Gasteiger partial charge < -0.3 is 14.5 Å². The highest BCUT2D eigenvalue weighted by atomic mass is 16.5. The largest absolute Gasteiger partial charge is 0.465 e. The van der Waals surface area contributed by atoms with Gasteiger partial charge in [0, 0.05) is 0 Å². The molecular formula is C17H20N2O4. The molecule has 1 amide bonds. The van der Waals surface area contributed by atoms with Crippen LogP contribution in [0.1, 0.15) is 21.9 Å². The zero-order valence-corrected chi connectivity index (χ0v) is 13.5. The lowest BCUT2D eigenvalue weighted by Crippen LogP contribution is -2.30. The highest BCUT2D eigenvalue weighted by Gasteiger charge is 2.14. The minimum Gasteiger partial charge on any atom is -0.465 e. The smallest absolute Gasteiger partial charge is 0.339 e. The minimum atomic E-state index is -0.486. The number of hydrogen-bond acceptors (Lipinski definition) is 5. The van der Waals surface area contributed by atoms with Crippen LogP contribution in [0.15, 0.2) is 40.8 Å². The minimum absolute atomic E-state index is 0.176. The van der Waals surface area contributed by atoms with E-state index in [4.69, 9.17) is 9.15 Å². The van der Waals surface area contributed by atoms with Gasteiger partial charge in [0.05, 0.1) is 31.5 Å². The molecule has 0 bridgehead atoms. The molecule has 0 unspecified atom stereocenters. The highest BCUT2D eigenvalue weighted by molar-refractivity contribution is 6.01. The molecule has 1 N–H and O–H groups in total. The van der Waals surface area contributed by atoms with Gasteiger partial charge in [0.15, 0.2) is 0 Å². The van der Waals surface area contributed by atoms with Gasteiger partial charge >= 0.3 is 5.97 Å². The van der Waals surface area contributed by atoms with E-state index in [-0.39, 0.29) is 12.5 Å². The molecule has 2 aromatic rings. The summed E-state index contributed by atoms with van der Waals surface area (Å²) in [5, 5.41) is 2.74. The first kappa shape index (κ1) is 16.8. The number of esters is 1. The van der Waals surface area contributed by atoms with E-state index in [9.17, 15) is 9.59 Å². The Hall–Kier alpha value is -2.60. The number of aryl methyl sites for hydroxylation is 1. The molecule has 1 aromatic carbocycles. The number of hydrogen-bond donors (Lipinski definition) is 1. The van der Waals surface area contributed by atoms with Crippen LogP contribution < -0.4 is 5.32 Å². The number of amides is 1. The van der Waals surface area contributed by atoms with Crippen molar-refractivity contribution in [3.8, 4) is 0 Å². The molecule has 0 aliphatic carbocycles. The Morgan fingerprint density at radius 2 is 1.96 bits per heavy atom. The maximum Gasteiger partial charge on any atom is 0.339 e. The van der Waals surface area contributed by atoms with Crippen LogP contribution in [0.4, 0.5) is 5.69 Å². The average Bonchev–Trinajstić information content (AvgIpc) is 2.91. The molecule has 23 heavy (non-hydrogen) atoms. The average molecular weight is 316 g/mol. The van der Waals surface area contributed by atoms with Crippen LogP contribution in [0.3, 0.4) is 0 Å². The summed E-state index contributed by atoms with van der Waals surface area (Å²) in [5.74, 6) is 0.935. The fourth-order valence-corrected chi connectivity index (χ4v) is 2.21. The second kappa shape index (κ2) is 7.60. The molecule has 0 fully saturated rings. The Balaban J connectivity index is 1.95. The summed E-state index contributed by atoms with van der Waals surface area (Å²) >= 11 is 0. The molecule has 0 radical (unpaired) electrons. The molecule has 0 aliphatic rings. The van der Waals surface area contributed by atoms with E-state index in [1.807, 2.05) is 31.0 Å². The van der Waals surface area contributed by atoms with Crippen LogP contribution in [0.5, 0.6) is 0 Å². The van der Waals surface area contributed by atoms with Crippen molar-refractivity contribution < 1.29 is 18.7 Å². The standard InChI is InChI=1S/C17H20N2O4/c1-12-8-9-13(23-12)10-19(2)11-16(20)18-15-7-5-4-6-14(15)17(21)22-3/h4-9H,10-11H2,1-3H3,(H,18,20). The van der Waals surface area contributed by atoms with Crippen molar-refractivity contribution in [1.29, 1.82) is 0 Å². The van der Waals surface area contributed by atoms with Crippen LogP contribution >= 0.6 is 0 Å². The van der Waals surface area contributed by atoms with Crippen molar-refractivity contribution in [3.05, 3.63) is 53.5 Å². The Morgan fingerprint density at radius 1 is 1.22 bits per heavy atom. The van der Waals surface area contributed by atoms with Crippen molar-refractivity contribution in [2.75, 3.05) is 26.0 Å². The summed E-state index contributed by atoms with van der Waals surface area (Å²) in [7, 11) is 3.13. The van der Waals surface area contributed by atoms with Crippen LogP contribution in [0.2, 0.25) is 0 Å². The number of likely N-dealkylation sites (N-methyl/N-ethyl adjacent to an activating group) is 1. The molecule has 0 saturated heterocycles. The van der Waals surface area contributed by atoms with Gasteiger partial charge in [-0.1, -0.05) is 12.1 Å². The number of nitrogens with zero attached hydrogens (tertiary/aromatic N) is 1. The monoisotopic (exact) mass is 316 g/mol. The van der Waals surface area contributed by atoms with Crippen molar-refractivity contribution in [2.45, 2.75) is 13.5 Å². The summed E-state index contributed by atoms with van der Waals surface area (Å²) < 4.78 is 10.2. The number of benzene rings is 1. The van der Waals surface area contributed by atoms with Gasteiger partial charge in [-0.05, 0) is 38.2 Å².